The summed E-state index contributed by atoms with van der Waals surface area (Å²) in [5.74, 6) is -0.290. The Morgan fingerprint density at radius 3 is 1.45 bits per heavy atom. The normalized spacial score (nSPS) is 14.4. The van der Waals surface area contributed by atoms with Gasteiger partial charge in [0, 0.05) is 4.83 Å². The third-order valence-corrected chi connectivity index (χ3v) is 4.19. The number of benzene rings is 2. The number of rotatable bonds is 3. The fourth-order valence-electron chi connectivity index (χ4n) is 2.16. The highest BCUT2D eigenvalue weighted by Crippen LogP contribution is 2.38. The summed E-state index contributed by atoms with van der Waals surface area (Å²) in [5.41, 5.74) is -2.12. The molecule has 0 radical (unpaired) electrons. The summed E-state index contributed by atoms with van der Waals surface area (Å²) in [5, 5.41) is 9.08. The van der Waals surface area contributed by atoms with Crippen LogP contribution in [0.15, 0.2) is 42.5 Å². The molecule has 1 N–H and O–H groups in total. The Kier molecular flexibility index (Phi) is 8.84. The first-order chi connectivity index (χ1) is 13.9. The molecule has 2 rings (SSSR count). The zero-order valence-corrected chi connectivity index (χ0v) is 17.4. The Labute approximate surface area is 179 Å². The average Bonchev–Trinajstić information content (AvgIpc) is 2.59. The standard InChI is InChI=1S/C10H7BrF6.C9H9F3O2/c1-5(11)6-2-7(9(12,13)14)4-8(3-6)10(15,16)17;1-6(13)7-2-4-8(5-3-7)14-9(10,11)12/h2-5H,1H3;2-6,13H,1H3. The lowest BCUT2D eigenvalue weighted by atomic mass is 10.0. The Balaban J connectivity index is 0.000000316. The first kappa shape index (κ1) is 27.1. The lowest BCUT2D eigenvalue weighted by Gasteiger charge is -2.15. The van der Waals surface area contributed by atoms with E-state index in [0.29, 0.717) is 17.7 Å². The van der Waals surface area contributed by atoms with Gasteiger partial charge in [-0.05, 0) is 55.3 Å². The SMILES string of the molecule is CC(Br)c1cc(C(F)(F)F)cc(C(F)(F)F)c1.CC(O)c1ccc(OC(F)(F)F)cc1. The summed E-state index contributed by atoms with van der Waals surface area (Å²) in [6.07, 6.45) is -15.0. The fraction of sp³-hybridized carbons (Fsp3) is 0.368. The largest absolute Gasteiger partial charge is 0.573 e. The maximum Gasteiger partial charge on any atom is 0.573 e. The second-order valence-corrected chi connectivity index (χ2v) is 7.62. The highest BCUT2D eigenvalue weighted by atomic mass is 79.9. The average molecular weight is 527 g/mol. The monoisotopic (exact) mass is 526 g/mol. The minimum absolute atomic E-state index is 0.0628. The van der Waals surface area contributed by atoms with E-state index in [1.54, 1.807) is 0 Å². The van der Waals surface area contributed by atoms with E-state index in [9.17, 15) is 39.5 Å². The van der Waals surface area contributed by atoms with Gasteiger partial charge in [-0.2, -0.15) is 26.3 Å². The van der Waals surface area contributed by atoms with Gasteiger partial charge >= 0.3 is 18.7 Å². The molecule has 12 heteroatoms. The predicted molar refractivity (Wildman–Crippen MR) is 97.5 cm³/mol. The van der Waals surface area contributed by atoms with Crippen molar-refractivity contribution in [3.63, 3.8) is 0 Å². The highest BCUT2D eigenvalue weighted by Gasteiger charge is 2.37. The molecule has 0 heterocycles. The molecular weight excluding hydrogens is 511 g/mol. The van der Waals surface area contributed by atoms with E-state index in [0.717, 1.165) is 12.1 Å². The summed E-state index contributed by atoms with van der Waals surface area (Å²) in [4.78, 5) is -0.592. The Morgan fingerprint density at radius 2 is 1.16 bits per heavy atom. The van der Waals surface area contributed by atoms with Crippen LogP contribution < -0.4 is 4.74 Å². The maximum absolute atomic E-state index is 12.4. The molecule has 0 fully saturated rings. The number of hydrogen-bond acceptors (Lipinski definition) is 2. The van der Waals surface area contributed by atoms with E-state index in [1.807, 2.05) is 0 Å². The van der Waals surface area contributed by atoms with Gasteiger partial charge in [-0.25, -0.2) is 0 Å². The van der Waals surface area contributed by atoms with Gasteiger partial charge < -0.3 is 9.84 Å². The summed E-state index contributed by atoms with van der Waals surface area (Å²) in [6.45, 7) is 2.98. The lowest BCUT2D eigenvalue weighted by Crippen LogP contribution is -2.17. The van der Waals surface area contributed by atoms with Crippen LogP contribution >= 0.6 is 15.9 Å². The van der Waals surface area contributed by atoms with Crippen LogP contribution in [0.4, 0.5) is 39.5 Å². The molecule has 0 saturated carbocycles. The van der Waals surface area contributed by atoms with Gasteiger partial charge in [-0.15, -0.1) is 13.2 Å². The first-order valence-corrected chi connectivity index (χ1v) is 9.29. The van der Waals surface area contributed by atoms with Crippen molar-refractivity contribution in [2.45, 2.75) is 43.5 Å². The quantitative estimate of drug-likeness (QED) is 0.326. The Bertz CT molecular complexity index is 807. The summed E-state index contributed by atoms with van der Waals surface area (Å²) >= 11 is 2.95. The number of aliphatic hydroxyl groups is 1. The molecule has 0 bridgehead atoms. The Morgan fingerprint density at radius 1 is 0.742 bits per heavy atom. The van der Waals surface area contributed by atoms with Crippen molar-refractivity contribution in [1.82, 2.24) is 0 Å². The third-order valence-electron chi connectivity index (χ3n) is 3.67. The fourth-order valence-corrected chi connectivity index (χ4v) is 2.42. The van der Waals surface area contributed by atoms with E-state index in [4.69, 9.17) is 5.11 Å². The molecular formula is C19H16BrF9O2. The molecule has 0 aliphatic carbocycles. The zero-order chi connectivity index (χ0) is 24.2. The molecule has 0 amide bonds. The van der Waals surface area contributed by atoms with Gasteiger partial charge in [0.1, 0.15) is 5.75 Å². The molecule has 2 aromatic carbocycles. The topological polar surface area (TPSA) is 29.5 Å². The van der Waals surface area contributed by atoms with Crippen LogP contribution in [0, 0.1) is 0 Å². The van der Waals surface area contributed by atoms with Crippen LogP contribution in [-0.2, 0) is 12.4 Å². The van der Waals surface area contributed by atoms with Crippen LogP contribution in [0.5, 0.6) is 5.75 Å². The van der Waals surface area contributed by atoms with E-state index >= 15 is 0 Å². The van der Waals surface area contributed by atoms with Crippen molar-refractivity contribution in [1.29, 1.82) is 0 Å². The molecule has 2 nitrogen and oxygen atoms in total. The van der Waals surface area contributed by atoms with Crippen molar-refractivity contribution < 1.29 is 49.4 Å². The maximum atomic E-state index is 12.4. The highest BCUT2D eigenvalue weighted by molar-refractivity contribution is 9.09. The number of alkyl halides is 10. The Hall–Kier alpha value is -1.95. The number of ether oxygens (including phenoxy) is 1. The van der Waals surface area contributed by atoms with Crippen molar-refractivity contribution in [2.75, 3.05) is 0 Å². The number of halogens is 10. The molecule has 0 aliphatic rings. The zero-order valence-electron chi connectivity index (χ0n) is 15.8. The van der Waals surface area contributed by atoms with Gasteiger partial charge in [0.15, 0.2) is 0 Å². The van der Waals surface area contributed by atoms with Gasteiger partial charge in [0.05, 0.1) is 17.2 Å². The summed E-state index contributed by atoms with van der Waals surface area (Å²) in [7, 11) is 0. The minimum atomic E-state index is -4.79. The number of aliphatic hydroxyl groups excluding tert-OH is 1. The molecule has 0 saturated heterocycles. The van der Waals surface area contributed by atoms with E-state index in [2.05, 4.69) is 20.7 Å². The molecule has 174 valence electrons. The van der Waals surface area contributed by atoms with E-state index in [-0.39, 0.29) is 17.4 Å². The van der Waals surface area contributed by atoms with Crippen molar-refractivity contribution in [3.05, 3.63) is 64.7 Å². The van der Waals surface area contributed by atoms with Crippen LogP contribution in [-0.4, -0.2) is 11.5 Å². The van der Waals surface area contributed by atoms with Crippen LogP contribution in [0.25, 0.3) is 0 Å². The van der Waals surface area contributed by atoms with Gasteiger partial charge in [0.2, 0.25) is 0 Å². The second kappa shape index (κ2) is 10.1. The van der Waals surface area contributed by atoms with Gasteiger partial charge in [0.25, 0.3) is 0 Å². The van der Waals surface area contributed by atoms with Crippen molar-refractivity contribution >= 4 is 15.9 Å². The third kappa shape index (κ3) is 9.38. The van der Waals surface area contributed by atoms with Gasteiger partial charge in [-0.3, -0.25) is 0 Å². The predicted octanol–water partition coefficient (Wildman–Crippen LogP) is 7.82. The smallest absolute Gasteiger partial charge is 0.406 e. The van der Waals surface area contributed by atoms with Crippen LogP contribution in [0.3, 0.4) is 0 Å². The molecule has 31 heavy (non-hydrogen) atoms. The van der Waals surface area contributed by atoms with Gasteiger partial charge in [-0.1, -0.05) is 28.1 Å². The molecule has 0 aromatic heterocycles. The molecule has 2 unspecified atom stereocenters. The van der Waals surface area contributed by atoms with Crippen molar-refractivity contribution in [2.24, 2.45) is 0 Å². The number of hydrogen-bond donors (Lipinski definition) is 1. The summed E-state index contributed by atoms with van der Waals surface area (Å²) in [6, 6.07) is 6.60. The molecule has 0 spiro atoms. The van der Waals surface area contributed by atoms with E-state index < -0.39 is 40.8 Å². The minimum Gasteiger partial charge on any atom is -0.406 e. The summed E-state index contributed by atoms with van der Waals surface area (Å²) < 4.78 is 113. The molecule has 2 aromatic rings. The molecule has 2 atom stereocenters. The van der Waals surface area contributed by atoms with Crippen molar-refractivity contribution in [3.8, 4) is 5.75 Å². The second-order valence-electron chi connectivity index (χ2n) is 6.25. The van der Waals surface area contributed by atoms with E-state index in [1.165, 1.54) is 26.0 Å². The van der Waals surface area contributed by atoms with Crippen LogP contribution in [0.2, 0.25) is 0 Å². The lowest BCUT2D eigenvalue weighted by molar-refractivity contribution is -0.274. The first-order valence-electron chi connectivity index (χ1n) is 8.37. The van der Waals surface area contributed by atoms with Crippen LogP contribution in [0.1, 0.15) is 47.0 Å². The molecule has 0 aliphatic heterocycles.